The summed E-state index contributed by atoms with van der Waals surface area (Å²) >= 11 is 3.48. The number of carbonyl (C=O) groups is 1. The van der Waals surface area contributed by atoms with Gasteiger partial charge in [-0.15, -0.1) is 0 Å². The molecule has 0 N–H and O–H groups in total. The Kier molecular flexibility index (Phi) is 7.47. The normalized spacial score (nSPS) is 11.8. The monoisotopic (exact) mass is 406 g/mol. The molecular formula is C20H23BrO4. The van der Waals surface area contributed by atoms with Crippen LogP contribution in [0.5, 0.6) is 11.5 Å². The van der Waals surface area contributed by atoms with Crippen LogP contribution in [0.25, 0.3) is 0 Å². The van der Waals surface area contributed by atoms with E-state index in [-0.39, 0.29) is 0 Å². The van der Waals surface area contributed by atoms with E-state index >= 15 is 0 Å². The van der Waals surface area contributed by atoms with Crippen LogP contribution in [0.3, 0.4) is 0 Å². The van der Waals surface area contributed by atoms with Crippen molar-refractivity contribution in [3.8, 4) is 11.5 Å². The van der Waals surface area contributed by atoms with Crippen molar-refractivity contribution in [3.63, 3.8) is 0 Å². The quantitative estimate of drug-likeness (QED) is 0.343. The Morgan fingerprint density at radius 3 is 2.44 bits per heavy atom. The number of halogens is 1. The Morgan fingerprint density at radius 1 is 1.12 bits per heavy atom. The summed E-state index contributed by atoms with van der Waals surface area (Å²) in [4.78, 5) is 12.3. The van der Waals surface area contributed by atoms with Crippen molar-refractivity contribution in [2.45, 2.75) is 26.2 Å². The molecule has 0 heterocycles. The van der Waals surface area contributed by atoms with Crippen LogP contribution in [0.2, 0.25) is 0 Å². The van der Waals surface area contributed by atoms with E-state index in [4.69, 9.17) is 14.2 Å². The fraction of sp³-hybridized carbons (Fsp3) is 0.350. The summed E-state index contributed by atoms with van der Waals surface area (Å²) in [5.74, 6) is 1.26. The van der Waals surface area contributed by atoms with Gasteiger partial charge >= 0.3 is 5.97 Å². The van der Waals surface area contributed by atoms with Gasteiger partial charge < -0.3 is 14.2 Å². The standard InChI is InChI=1S/C20H23BrO4/c1-4-14(2)16-7-10-19(18(21)13-16)25-20(22)15-5-8-17(9-6-15)24-12-11-23-3/h5-10,13-14H,4,11-12H2,1-3H3. The number of benzene rings is 2. The summed E-state index contributed by atoms with van der Waals surface area (Å²) in [6.07, 6.45) is 1.06. The second-order valence-corrected chi connectivity index (χ2v) is 6.61. The highest BCUT2D eigenvalue weighted by molar-refractivity contribution is 9.10. The van der Waals surface area contributed by atoms with Gasteiger partial charge in [0.25, 0.3) is 0 Å². The van der Waals surface area contributed by atoms with Gasteiger partial charge in [-0.3, -0.25) is 0 Å². The van der Waals surface area contributed by atoms with Crippen molar-refractivity contribution >= 4 is 21.9 Å². The Hall–Kier alpha value is -1.85. The van der Waals surface area contributed by atoms with E-state index in [1.807, 2.05) is 18.2 Å². The van der Waals surface area contributed by atoms with E-state index in [0.29, 0.717) is 36.2 Å². The highest BCUT2D eigenvalue weighted by Gasteiger charge is 2.13. The maximum absolute atomic E-state index is 12.3. The first-order chi connectivity index (χ1) is 12.0. The molecule has 2 rings (SSSR count). The van der Waals surface area contributed by atoms with Crippen LogP contribution in [0, 0.1) is 0 Å². The van der Waals surface area contributed by atoms with Crippen LogP contribution in [0.15, 0.2) is 46.9 Å². The minimum Gasteiger partial charge on any atom is -0.491 e. The third-order valence-electron chi connectivity index (χ3n) is 3.99. The molecule has 0 radical (unpaired) electrons. The molecule has 0 amide bonds. The first kappa shape index (κ1) is 19.5. The number of esters is 1. The van der Waals surface area contributed by atoms with E-state index in [9.17, 15) is 4.79 Å². The molecule has 0 spiro atoms. The van der Waals surface area contributed by atoms with Gasteiger partial charge in [-0.2, -0.15) is 0 Å². The van der Waals surface area contributed by atoms with Gasteiger partial charge in [-0.05, 0) is 70.2 Å². The van der Waals surface area contributed by atoms with Gasteiger partial charge in [-0.25, -0.2) is 4.79 Å². The maximum atomic E-state index is 12.3. The van der Waals surface area contributed by atoms with Gasteiger partial charge in [0.2, 0.25) is 0 Å². The minimum absolute atomic E-state index is 0.402. The Morgan fingerprint density at radius 2 is 1.84 bits per heavy atom. The van der Waals surface area contributed by atoms with Crippen LogP contribution in [-0.4, -0.2) is 26.3 Å². The molecule has 0 aromatic heterocycles. The fourth-order valence-corrected chi connectivity index (χ4v) is 2.71. The molecule has 25 heavy (non-hydrogen) atoms. The van der Waals surface area contributed by atoms with Crippen molar-refractivity contribution in [2.24, 2.45) is 0 Å². The average Bonchev–Trinajstić information content (AvgIpc) is 2.63. The zero-order valence-corrected chi connectivity index (χ0v) is 16.3. The van der Waals surface area contributed by atoms with Crippen LogP contribution >= 0.6 is 15.9 Å². The largest absolute Gasteiger partial charge is 0.491 e. The molecule has 0 saturated carbocycles. The lowest BCUT2D eigenvalue weighted by atomic mass is 9.99. The predicted octanol–water partition coefficient (Wildman–Crippen LogP) is 5.21. The SMILES string of the molecule is CCC(C)c1ccc(OC(=O)c2ccc(OCCOC)cc2)c(Br)c1. The van der Waals surface area contributed by atoms with Gasteiger partial charge in [-0.1, -0.05) is 19.9 Å². The highest BCUT2D eigenvalue weighted by Crippen LogP contribution is 2.30. The summed E-state index contributed by atoms with van der Waals surface area (Å²) in [7, 11) is 1.62. The zero-order chi connectivity index (χ0) is 18.2. The highest BCUT2D eigenvalue weighted by atomic mass is 79.9. The summed E-state index contributed by atoms with van der Waals surface area (Å²) in [6.45, 7) is 5.30. The molecule has 134 valence electrons. The van der Waals surface area contributed by atoms with Gasteiger partial charge in [0, 0.05) is 7.11 Å². The van der Waals surface area contributed by atoms with E-state index in [1.54, 1.807) is 31.4 Å². The second kappa shape index (κ2) is 9.59. The fourth-order valence-electron chi connectivity index (χ4n) is 2.23. The molecule has 5 heteroatoms. The number of hydrogen-bond donors (Lipinski definition) is 0. The van der Waals surface area contributed by atoms with Crippen LogP contribution in [-0.2, 0) is 4.74 Å². The molecule has 0 aliphatic rings. The molecule has 0 fully saturated rings. The lowest BCUT2D eigenvalue weighted by Crippen LogP contribution is -2.09. The van der Waals surface area contributed by atoms with Crippen LogP contribution in [0.1, 0.15) is 42.1 Å². The predicted molar refractivity (Wildman–Crippen MR) is 102 cm³/mol. The number of hydrogen-bond acceptors (Lipinski definition) is 4. The second-order valence-electron chi connectivity index (χ2n) is 5.75. The third-order valence-corrected chi connectivity index (χ3v) is 4.61. The molecule has 1 atom stereocenters. The van der Waals surface area contributed by atoms with E-state index < -0.39 is 5.97 Å². The van der Waals surface area contributed by atoms with E-state index in [1.165, 1.54) is 5.56 Å². The van der Waals surface area contributed by atoms with E-state index in [2.05, 4.69) is 29.8 Å². The average molecular weight is 407 g/mol. The molecule has 4 nitrogen and oxygen atoms in total. The lowest BCUT2D eigenvalue weighted by molar-refractivity contribution is 0.0733. The zero-order valence-electron chi connectivity index (χ0n) is 14.8. The van der Waals surface area contributed by atoms with Gasteiger partial charge in [0.05, 0.1) is 16.6 Å². The third kappa shape index (κ3) is 5.58. The molecule has 2 aromatic rings. The lowest BCUT2D eigenvalue weighted by Gasteiger charge is -2.12. The Labute approximate surface area is 157 Å². The van der Waals surface area contributed by atoms with Crippen molar-refractivity contribution in [1.29, 1.82) is 0 Å². The van der Waals surface area contributed by atoms with Crippen molar-refractivity contribution in [1.82, 2.24) is 0 Å². The molecule has 2 aromatic carbocycles. The Balaban J connectivity index is 2.01. The number of methoxy groups -OCH3 is 1. The van der Waals surface area contributed by atoms with Gasteiger partial charge in [0.1, 0.15) is 18.1 Å². The first-order valence-electron chi connectivity index (χ1n) is 8.28. The molecular weight excluding hydrogens is 384 g/mol. The minimum atomic E-state index is -0.402. The maximum Gasteiger partial charge on any atom is 0.343 e. The molecule has 0 saturated heterocycles. The number of ether oxygens (including phenoxy) is 3. The molecule has 0 aliphatic heterocycles. The molecule has 0 aliphatic carbocycles. The summed E-state index contributed by atoms with van der Waals surface area (Å²) in [6, 6.07) is 12.7. The summed E-state index contributed by atoms with van der Waals surface area (Å²) in [5, 5.41) is 0. The number of carbonyl (C=O) groups excluding carboxylic acids is 1. The van der Waals surface area contributed by atoms with E-state index in [0.717, 1.165) is 10.9 Å². The summed E-state index contributed by atoms with van der Waals surface area (Å²) in [5.41, 5.74) is 1.68. The van der Waals surface area contributed by atoms with Gasteiger partial charge in [0.15, 0.2) is 0 Å². The van der Waals surface area contributed by atoms with Crippen LogP contribution < -0.4 is 9.47 Å². The molecule has 1 unspecified atom stereocenters. The number of rotatable bonds is 8. The first-order valence-corrected chi connectivity index (χ1v) is 9.07. The molecule has 0 bridgehead atoms. The van der Waals surface area contributed by atoms with Crippen molar-refractivity contribution in [3.05, 3.63) is 58.1 Å². The topological polar surface area (TPSA) is 44.8 Å². The Bertz CT molecular complexity index is 697. The van der Waals surface area contributed by atoms with Crippen molar-refractivity contribution in [2.75, 3.05) is 20.3 Å². The summed E-state index contributed by atoms with van der Waals surface area (Å²) < 4.78 is 16.7. The van der Waals surface area contributed by atoms with Crippen molar-refractivity contribution < 1.29 is 19.0 Å². The smallest absolute Gasteiger partial charge is 0.343 e. The van der Waals surface area contributed by atoms with Crippen LogP contribution in [0.4, 0.5) is 0 Å².